The molecule has 0 bridgehead atoms. The van der Waals surface area contributed by atoms with E-state index in [-0.39, 0.29) is 11.4 Å². The van der Waals surface area contributed by atoms with Gasteiger partial charge in [-0.15, -0.1) is 13.2 Å². The molecule has 100 valence electrons. The van der Waals surface area contributed by atoms with Gasteiger partial charge in [-0.1, -0.05) is 12.1 Å². The Balaban J connectivity index is 2.22. The molecule has 2 rings (SSSR count). The lowest BCUT2D eigenvalue weighted by atomic mass is 10.2. The maximum absolute atomic E-state index is 12.2. The zero-order chi connectivity index (χ0) is 13.9. The van der Waals surface area contributed by atoms with Crippen molar-refractivity contribution in [1.29, 1.82) is 0 Å². The highest BCUT2D eigenvalue weighted by atomic mass is 19.4. The van der Waals surface area contributed by atoms with Gasteiger partial charge in [-0.3, -0.25) is 0 Å². The van der Waals surface area contributed by atoms with E-state index in [4.69, 9.17) is 5.73 Å². The lowest BCUT2D eigenvalue weighted by Gasteiger charge is -2.14. The second-order valence-electron chi connectivity index (χ2n) is 3.79. The van der Waals surface area contributed by atoms with E-state index in [9.17, 15) is 13.2 Å². The Kier molecular flexibility index (Phi) is 3.50. The van der Waals surface area contributed by atoms with Gasteiger partial charge in [-0.25, -0.2) is 0 Å². The van der Waals surface area contributed by atoms with Crippen LogP contribution < -0.4 is 15.8 Å². The Hall–Kier alpha value is -2.37. The second-order valence-corrected chi connectivity index (χ2v) is 3.79. The quantitative estimate of drug-likeness (QED) is 0.830. The largest absolute Gasteiger partial charge is 0.573 e. The Labute approximate surface area is 107 Å². The summed E-state index contributed by atoms with van der Waals surface area (Å²) < 4.78 is 40.7. The molecule has 0 unspecified atom stereocenters. The predicted molar refractivity (Wildman–Crippen MR) is 67.3 cm³/mol. The summed E-state index contributed by atoms with van der Waals surface area (Å²) in [6.45, 7) is 0. The Morgan fingerprint density at radius 3 is 2.21 bits per heavy atom. The molecule has 0 saturated carbocycles. The monoisotopic (exact) mass is 268 g/mol. The highest BCUT2D eigenvalue weighted by Crippen LogP contribution is 2.32. The number of ether oxygens (including phenoxy) is 1. The molecule has 0 amide bonds. The van der Waals surface area contributed by atoms with E-state index < -0.39 is 6.36 Å². The number of hydrogen-bond acceptors (Lipinski definition) is 3. The maximum Gasteiger partial charge on any atom is 0.573 e. The van der Waals surface area contributed by atoms with Crippen LogP contribution in [0.15, 0.2) is 48.5 Å². The molecule has 0 fully saturated rings. The van der Waals surface area contributed by atoms with Gasteiger partial charge in [0.1, 0.15) is 0 Å². The zero-order valence-electron chi connectivity index (χ0n) is 9.74. The molecule has 0 spiro atoms. The van der Waals surface area contributed by atoms with Gasteiger partial charge >= 0.3 is 6.36 Å². The predicted octanol–water partition coefficient (Wildman–Crippen LogP) is 3.91. The first kappa shape index (κ1) is 13.1. The smallest absolute Gasteiger partial charge is 0.404 e. The van der Waals surface area contributed by atoms with Crippen molar-refractivity contribution >= 4 is 17.1 Å². The van der Waals surface area contributed by atoms with Crippen LogP contribution in [0.1, 0.15) is 0 Å². The topological polar surface area (TPSA) is 47.3 Å². The minimum atomic E-state index is -4.72. The summed E-state index contributed by atoms with van der Waals surface area (Å²) in [4.78, 5) is 0. The average molecular weight is 268 g/mol. The summed E-state index contributed by atoms with van der Waals surface area (Å²) in [5.41, 5.74) is 6.95. The molecule has 6 heteroatoms. The number of nitrogen functional groups attached to an aromatic ring is 1. The molecule has 2 aromatic rings. The molecule has 3 nitrogen and oxygen atoms in total. The van der Waals surface area contributed by atoms with E-state index in [0.29, 0.717) is 11.4 Å². The average Bonchev–Trinajstić information content (AvgIpc) is 2.33. The van der Waals surface area contributed by atoms with Crippen molar-refractivity contribution in [2.75, 3.05) is 11.1 Å². The number of halogens is 3. The molecule has 3 N–H and O–H groups in total. The summed E-state index contributed by atoms with van der Waals surface area (Å²) in [5.74, 6) is -0.285. The molecule has 0 radical (unpaired) electrons. The highest BCUT2D eigenvalue weighted by molar-refractivity contribution is 5.67. The molecule has 0 aliphatic carbocycles. The third-order valence-corrected chi connectivity index (χ3v) is 2.30. The normalized spacial score (nSPS) is 11.1. The van der Waals surface area contributed by atoms with Crippen LogP contribution >= 0.6 is 0 Å². The lowest BCUT2D eigenvalue weighted by molar-refractivity contribution is -0.274. The first-order chi connectivity index (χ1) is 8.94. The van der Waals surface area contributed by atoms with Crippen LogP contribution in [0.3, 0.4) is 0 Å². The number of nitrogens with two attached hydrogens (primary N) is 1. The summed E-state index contributed by atoms with van der Waals surface area (Å²) >= 11 is 0. The Morgan fingerprint density at radius 2 is 1.58 bits per heavy atom. The van der Waals surface area contributed by atoms with Crippen LogP contribution in [0.5, 0.6) is 5.75 Å². The van der Waals surface area contributed by atoms with Crippen molar-refractivity contribution in [1.82, 2.24) is 0 Å². The van der Waals surface area contributed by atoms with Gasteiger partial charge in [0.2, 0.25) is 0 Å². The van der Waals surface area contributed by atoms with Crippen LogP contribution in [0.2, 0.25) is 0 Å². The Bertz CT molecular complexity index is 553. The van der Waals surface area contributed by atoms with Crippen molar-refractivity contribution in [3.8, 4) is 5.75 Å². The van der Waals surface area contributed by atoms with Gasteiger partial charge in [-0.05, 0) is 36.4 Å². The second kappa shape index (κ2) is 5.09. The number of benzene rings is 2. The van der Waals surface area contributed by atoms with Crippen molar-refractivity contribution in [3.63, 3.8) is 0 Å². The third kappa shape index (κ3) is 3.80. The van der Waals surface area contributed by atoms with E-state index in [1.807, 2.05) is 0 Å². The fourth-order valence-corrected chi connectivity index (χ4v) is 1.51. The summed E-state index contributed by atoms with van der Waals surface area (Å²) in [6, 6.07) is 12.5. The van der Waals surface area contributed by atoms with Crippen LogP contribution in [0.25, 0.3) is 0 Å². The molecular formula is C13H11F3N2O. The molecule has 19 heavy (non-hydrogen) atoms. The molecule has 0 aromatic heterocycles. The minimum absolute atomic E-state index is 0.226. The van der Waals surface area contributed by atoms with E-state index in [1.54, 1.807) is 30.3 Å². The van der Waals surface area contributed by atoms with E-state index in [0.717, 1.165) is 0 Å². The minimum Gasteiger partial charge on any atom is -0.404 e. The molecular weight excluding hydrogens is 257 g/mol. The Morgan fingerprint density at radius 1 is 0.947 bits per heavy atom. The molecule has 0 aliphatic heterocycles. The van der Waals surface area contributed by atoms with Gasteiger partial charge in [-0.2, -0.15) is 0 Å². The van der Waals surface area contributed by atoms with Crippen molar-refractivity contribution in [3.05, 3.63) is 48.5 Å². The van der Waals surface area contributed by atoms with E-state index >= 15 is 0 Å². The fraction of sp³-hybridized carbons (Fsp3) is 0.0769. The molecule has 0 atom stereocenters. The van der Waals surface area contributed by atoms with Crippen LogP contribution in [-0.2, 0) is 0 Å². The lowest BCUT2D eigenvalue weighted by Crippen LogP contribution is -2.17. The SMILES string of the molecule is Nc1ccc(Nc2ccccc2OC(F)(F)F)cc1. The molecule has 2 aromatic carbocycles. The molecule has 0 aliphatic rings. The van der Waals surface area contributed by atoms with Crippen molar-refractivity contribution < 1.29 is 17.9 Å². The summed E-state index contributed by atoms with van der Waals surface area (Å²) in [6.07, 6.45) is -4.72. The zero-order valence-corrected chi connectivity index (χ0v) is 9.74. The summed E-state index contributed by atoms with van der Waals surface area (Å²) in [7, 11) is 0. The first-order valence-electron chi connectivity index (χ1n) is 5.41. The number of hydrogen-bond donors (Lipinski definition) is 2. The standard InChI is InChI=1S/C13H11F3N2O/c14-13(15,16)19-12-4-2-1-3-11(12)18-10-7-5-9(17)6-8-10/h1-8,18H,17H2. The molecule has 0 saturated heterocycles. The van der Waals surface area contributed by atoms with Crippen LogP contribution in [0.4, 0.5) is 30.2 Å². The molecule has 0 heterocycles. The van der Waals surface area contributed by atoms with Gasteiger partial charge in [0.05, 0.1) is 5.69 Å². The number of anilines is 3. The van der Waals surface area contributed by atoms with Gasteiger partial charge < -0.3 is 15.8 Å². The van der Waals surface area contributed by atoms with Crippen LogP contribution in [-0.4, -0.2) is 6.36 Å². The number of nitrogens with one attached hydrogen (secondary N) is 1. The number of rotatable bonds is 3. The highest BCUT2D eigenvalue weighted by Gasteiger charge is 2.32. The van der Waals surface area contributed by atoms with E-state index in [1.165, 1.54) is 18.2 Å². The first-order valence-corrected chi connectivity index (χ1v) is 5.41. The van der Waals surface area contributed by atoms with Crippen LogP contribution in [0, 0.1) is 0 Å². The number of alkyl halides is 3. The third-order valence-electron chi connectivity index (χ3n) is 2.30. The fourth-order valence-electron chi connectivity index (χ4n) is 1.51. The van der Waals surface area contributed by atoms with E-state index in [2.05, 4.69) is 10.1 Å². The summed E-state index contributed by atoms with van der Waals surface area (Å²) in [5, 5.41) is 2.84. The maximum atomic E-state index is 12.2. The van der Waals surface area contributed by atoms with Crippen molar-refractivity contribution in [2.45, 2.75) is 6.36 Å². The van der Waals surface area contributed by atoms with Gasteiger partial charge in [0.25, 0.3) is 0 Å². The van der Waals surface area contributed by atoms with Crippen molar-refractivity contribution in [2.24, 2.45) is 0 Å². The van der Waals surface area contributed by atoms with Gasteiger partial charge in [0, 0.05) is 11.4 Å². The number of para-hydroxylation sites is 2. The van der Waals surface area contributed by atoms with Gasteiger partial charge in [0.15, 0.2) is 5.75 Å².